The SMILES string of the molecule is C=C(Oc1ccc(C(C)(C)c2ccc(OC(C)(C)C)cc2)cc1)C(C)(C)OC. The van der Waals surface area contributed by atoms with Crippen molar-refractivity contribution in [1.82, 2.24) is 0 Å². The summed E-state index contributed by atoms with van der Waals surface area (Å²) in [7, 11) is 1.65. The van der Waals surface area contributed by atoms with Crippen molar-refractivity contribution in [3.8, 4) is 11.5 Å². The first-order chi connectivity index (χ1) is 12.8. The van der Waals surface area contributed by atoms with Crippen LogP contribution in [0.25, 0.3) is 0 Å². The minimum atomic E-state index is -0.533. The summed E-state index contributed by atoms with van der Waals surface area (Å²) in [5.41, 5.74) is 1.57. The molecule has 0 saturated carbocycles. The van der Waals surface area contributed by atoms with Crippen LogP contribution in [0, 0.1) is 0 Å². The first kappa shape index (κ1) is 22.0. The van der Waals surface area contributed by atoms with Gasteiger partial charge in [-0.1, -0.05) is 44.7 Å². The predicted molar refractivity (Wildman–Crippen MR) is 116 cm³/mol. The Morgan fingerprint density at radius 3 is 1.54 bits per heavy atom. The summed E-state index contributed by atoms with van der Waals surface area (Å²) in [5, 5.41) is 0. The average molecular weight is 383 g/mol. The van der Waals surface area contributed by atoms with E-state index in [2.05, 4.69) is 65.5 Å². The second-order valence-corrected chi connectivity index (χ2v) is 9.13. The van der Waals surface area contributed by atoms with Crippen LogP contribution in [-0.2, 0) is 10.2 Å². The molecule has 3 heteroatoms. The van der Waals surface area contributed by atoms with E-state index in [1.54, 1.807) is 7.11 Å². The van der Waals surface area contributed by atoms with Gasteiger partial charge in [-0.25, -0.2) is 0 Å². The maximum atomic E-state index is 5.93. The van der Waals surface area contributed by atoms with Crippen LogP contribution in [0.5, 0.6) is 11.5 Å². The summed E-state index contributed by atoms with van der Waals surface area (Å²) >= 11 is 0. The van der Waals surface area contributed by atoms with E-state index in [9.17, 15) is 0 Å². The van der Waals surface area contributed by atoms with Gasteiger partial charge in [0, 0.05) is 12.5 Å². The predicted octanol–water partition coefficient (Wildman–Crippen LogP) is 6.51. The molecule has 0 heterocycles. The summed E-state index contributed by atoms with van der Waals surface area (Å²) in [4.78, 5) is 0. The summed E-state index contributed by atoms with van der Waals surface area (Å²) in [6.07, 6.45) is 0. The van der Waals surface area contributed by atoms with Crippen molar-refractivity contribution < 1.29 is 14.2 Å². The van der Waals surface area contributed by atoms with E-state index in [0.29, 0.717) is 5.76 Å². The molecule has 3 nitrogen and oxygen atoms in total. The van der Waals surface area contributed by atoms with Crippen LogP contribution in [0.2, 0.25) is 0 Å². The highest BCUT2D eigenvalue weighted by atomic mass is 16.5. The van der Waals surface area contributed by atoms with Gasteiger partial charge in [-0.05, 0) is 70.0 Å². The molecule has 152 valence electrons. The van der Waals surface area contributed by atoms with E-state index in [1.165, 1.54) is 11.1 Å². The number of hydrogen-bond acceptors (Lipinski definition) is 3. The van der Waals surface area contributed by atoms with Gasteiger partial charge in [-0.2, -0.15) is 0 Å². The van der Waals surface area contributed by atoms with Crippen LogP contribution in [0.3, 0.4) is 0 Å². The summed E-state index contributed by atoms with van der Waals surface area (Å²) in [6, 6.07) is 16.5. The minimum absolute atomic E-state index is 0.137. The molecule has 0 unspecified atom stereocenters. The fraction of sp³-hybridized carbons (Fsp3) is 0.440. The topological polar surface area (TPSA) is 27.7 Å². The molecule has 0 aliphatic heterocycles. The largest absolute Gasteiger partial charge is 0.488 e. The van der Waals surface area contributed by atoms with E-state index < -0.39 is 5.60 Å². The Balaban J connectivity index is 2.16. The second kappa shape index (κ2) is 8.00. The lowest BCUT2D eigenvalue weighted by Gasteiger charge is -2.28. The summed E-state index contributed by atoms with van der Waals surface area (Å²) < 4.78 is 17.2. The molecular formula is C25H34O3. The molecule has 0 amide bonds. The van der Waals surface area contributed by atoms with Crippen LogP contribution < -0.4 is 9.47 Å². The molecule has 0 spiro atoms. The average Bonchev–Trinajstić information content (AvgIpc) is 2.61. The highest BCUT2D eigenvalue weighted by Crippen LogP contribution is 2.34. The van der Waals surface area contributed by atoms with Gasteiger partial charge in [0.05, 0.1) is 0 Å². The normalized spacial score (nSPS) is 12.6. The van der Waals surface area contributed by atoms with Gasteiger partial charge in [0.1, 0.15) is 28.5 Å². The van der Waals surface area contributed by atoms with Crippen LogP contribution in [0.4, 0.5) is 0 Å². The standard InChI is InChI=1S/C25H34O3/c1-18(25(7,8)26-9)27-21-14-10-19(11-15-21)24(5,6)20-12-16-22(17-13-20)28-23(2,3)4/h10-17H,1H2,2-9H3. The fourth-order valence-electron chi connectivity index (χ4n) is 2.78. The van der Waals surface area contributed by atoms with Crippen molar-refractivity contribution in [3.63, 3.8) is 0 Å². The van der Waals surface area contributed by atoms with Crippen molar-refractivity contribution >= 4 is 0 Å². The van der Waals surface area contributed by atoms with Gasteiger partial charge in [0.25, 0.3) is 0 Å². The first-order valence-electron chi connectivity index (χ1n) is 9.68. The van der Waals surface area contributed by atoms with Gasteiger partial charge in [0.15, 0.2) is 0 Å². The molecule has 2 aromatic carbocycles. The van der Waals surface area contributed by atoms with Crippen molar-refractivity contribution in [2.24, 2.45) is 0 Å². The number of rotatable bonds is 7. The Bertz CT molecular complexity index is 791. The third-order valence-electron chi connectivity index (χ3n) is 5.00. The minimum Gasteiger partial charge on any atom is -0.488 e. The highest BCUT2D eigenvalue weighted by molar-refractivity contribution is 5.42. The van der Waals surface area contributed by atoms with Gasteiger partial charge in [-0.3, -0.25) is 0 Å². The third kappa shape index (κ3) is 5.39. The van der Waals surface area contributed by atoms with Gasteiger partial charge in [0.2, 0.25) is 0 Å². The van der Waals surface area contributed by atoms with Crippen molar-refractivity contribution in [2.75, 3.05) is 7.11 Å². The van der Waals surface area contributed by atoms with Crippen molar-refractivity contribution in [1.29, 1.82) is 0 Å². The number of benzene rings is 2. The lowest BCUT2D eigenvalue weighted by Crippen LogP contribution is -2.27. The number of ether oxygens (including phenoxy) is 3. The molecule has 0 fully saturated rings. The van der Waals surface area contributed by atoms with Gasteiger partial charge in [-0.15, -0.1) is 0 Å². The zero-order chi connectivity index (χ0) is 21.2. The van der Waals surface area contributed by atoms with E-state index >= 15 is 0 Å². The molecular weight excluding hydrogens is 348 g/mol. The lowest BCUT2D eigenvalue weighted by atomic mass is 9.78. The van der Waals surface area contributed by atoms with Crippen LogP contribution in [-0.4, -0.2) is 18.3 Å². The van der Waals surface area contributed by atoms with Gasteiger partial charge >= 0.3 is 0 Å². The number of hydrogen-bond donors (Lipinski definition) is 0. The van der Waals surface area contributed by atoms with E-state index in [0.717, 1.165) is 11.5 Å². The molecule has 0 N–H and O–H groups in total. The first-order valence-corrected chi connectivity index (χ1v) is 9.68. The molecule has 2 aromatic rings. The molecule has 0 aliphatic rings. The zero-order valence-corrected chi connectivity index (χ0v) is 18.6. The maximum Gasteiger partial charge on any atom is 0.128 e. The highest BCUT2D eigenvalue weighted by Gasteiger charge is 2.25. The van der Waals surface area contributed by atoms with E-state index in [4.69, 9.17) is 14.2 Å². The second-order valence-electron chi connectivity index (χ2n) is 9.13. The number of methoxy groups -OCH3 is 1. The quantitative estimate of drug-likeness (QED) is 0.511. The molecule has 28 heavy (non-hydrogen) atoms. The maximum absolute atomic E-state index is 5.93. The fourth-order valence-corrected chi connectivity index (χ4v) is 2.78. The Morgan fingerprint density at radius 2 is 1.14 bits per heavy atom. The van der Waals surface area contributed by atoms with Crippen molar-refractivity contribution in [2.45, 2.75) is 65.1 Å². The van der Waals surface area contributed by atoms with Crippen molar-refractivity contribution in [3.05, 3.63) is 72.0 Å². The summed E-state index contributed by atoms with van der Waals surface area (Å²) in [6.45, 7) is 18.4. The Labute approximate surface area is 170 Å². The Morgan fingerprint density at radius 1 is 0.714 bits per heavy atom. The smallest absolute Gasteiger partial charge is 0.128 e. The molecule has 0 atom stereocenters. The molecule has 0 bridgehead atoms. The van der Waals surface area contributed by atoms with E-state index in [1.807, 2.05) is 38.1 Å². The molecule has 2 rings (SSSR count). The Hall–Kier alpha value is -2.26. The van der Waals surface area contributed by atoms with Gasteiger partial charge < -0.3 is 14.2 Å². The Kier molecular flexibility index (Phi) is 6.30. The zero-order valence-electron chi connectivity index (χ0n) is 18.6. The van der Waals surface area contributed by atoms with Crippen LogP contribution >= 0.6 is 0 Å². The molecule has 0 radical (unpaired) electrons. The van der Waals surface area contributed by atoms with Crippen LogP contribution in [0.15, 0.2) is 60.9 Å². The summed E-state index contributed by atoms with van der Waals surface area (Å²) in [5.74, 6) is 2.22. The third-order valence-corrected chi connectivity index (χ3v) is 5.00. The molecule has 0 aromatic heterocycles. The molecule has 0 aliphatic carbocycles. The van der Waals surface area contributed by atoms with Crippen LogP contribution in [0.1, 0.15) is 59.6 Å². The van der Waals surface area contributed by atoms with E-state index in [-0.39, 0.29) is 11.0 Å². The monoisotopic (exact) mass is 382 g/mol. The molecule has 0 saturated heterocycles. The lowest BCUT2D eigenvalue weighted by molar-refractivity contribution is 0.0257.